The van der Waals surface area contributed by atoms with Crippen molar-refractivity contribution in [1.29, 1.82) is 0 Å². The summed E-state index contributed by atoms with van der Waals surface area (Å²) in [5.74, 6) is 1.53. The van der Waals surface area contributed by atoms with Gasteiger partial charge in [-0.05, 0) is 36.4 Å². The maximum Gasteiger partial charge on any atom is 0.249 e. The molecule has 3 aromatic rings. The lowest BCUT2D eigenvalue weighted by atomic mass is 10.2. The molecule has 0 spiro atoms. The third kappa shape index (κ3) is 2.10. The Hall–Kier alpha value is -2.56. The highest BCUT2D eigenvalue weighted by atomic mass is 16.4. The zero-order chi connectivity index (χ0) is 13.4. The number of pyridine rings is 1. The van der Waals surface area contributed by atoms with Crippen LogP contribution in [0, 0.1) is 0 Å². The normalized spacial score (nSPS) is 10.8. The molecule has 0 fully saturated rings. The fourth-order valence-electron chi connectivity index (χ4n) is 1.78. The van der Waals surface area contributed by atoms with Gasteiger partial charge in [-0.2, -0.15) is 4.98 Å². The Morgan fingerprint density at radius 3 is 2.42 bits per heavy atom. The van der Waals surface area contributed by atoms with Gasteiger partial charge in [0.25, 0.3) is 0 Å². The number of rotatable bonds is 2. The van der Waals surface area contributed by atoms with E-state index in [4.69, 9.17) is 4.42 Å². The molecule has 0 amide bonds. The lowest BCUT2D eigenvalue weighted by molar-refractivity contribution is 0.475. The lowest BCUT2D eigenvalue weighted by Gasteiger charge is -2.09. The molecule has 0 aliphatic rings. The quantitative estimate of drug-likeness (QED) is 0.762. The minimum atomic E-state index is 0.216. The fourth-order valence-corrected chi connectivity index (χ4v) is 1.78. The van der Waals surface area contributed by atoms with Gasteiger partial charge in [0.15, 0.2) is 0 Å². The van der Waals surface area contributed by atoms with Gasteiger partial charge in [-0.25, -0.2) is 4.98 Å². The van der Waals surface area contributed by atoms with Crippen LogP contribution in [0.4, 0.5) is 5.82 Å². The van der Waals surface area contributed by atoms with Crippen molar-refractivity contribution in [2.45, 2.75) is 0 Å². The highest BCUT2D eigenvalue weighted by Crippen LogP contribution is 2.25. The van der Waals surface area contributed by atoms with E-state index in [9.17, 15) is 5.11 Å². The van der Waals surface area contributed by atoms with Crippen molar-refractivity contribution in [3.8, 4) is 17.2 Å². The summed E-state index contributed by atoms with van der Waals surface area (Å²) in [6.45, 7) is 0. The van der Waals surface area contributed by atoms with Crippen molar-refractivity contribution < 1.29 is 9.52 Å². The molecular weight excluding hydrogens is 242 g/mol. The molecule has 1 aromatic carbocycles. The predicted octanol–water partition coefficient (Wildman–Crippen LogP) is 2.66. The number of nitrogens with zero attached hydrogens (tertiary/aromatic N) is 3. The van der Waals surface area contributed by atoms with E-state index in [1.165, 1.54) is 0 Å². The molecule has 0 atom stereocenters. The number of hydrogen-bond donors (Lipinski definition) is 1. The van der Waals surface area contributed by atoms with Crippen LogP contribution in [0.5, 0.6) is 5.75 Å². The number of anilines is 1. The van der Waals surface area contributed by atoms with Gasteiger partial charge in [0.2, 0.25) is 11.6 Å². The first-order chi connectivity index (χ1) is 9.13. The molecule has 0 radical (unpaired) electrons. The van der Waals surface area contributed by atoms with Gasteiger partial charge in [-0.3, -0.25) is 0 Å². The third-order valence-electron chi connectivity index (χ3n) is 2.81. The summed E-state index contributed by atoms with van der Waals surface area (Å²) < 4.78 is 5.65. The maximum atomic E-state index is 9.27. The second kappa shape index (κ2) is 4.28. The first-order valence-electron chi connectivity index (χ1n) is 5.88. The van der Waals surface area contributed by atoms with Gasteiger partial charge in [0.05, 0.1) is 0 Å². The molecule has 0 bridgehead atoms. The number of benzene rings is 1. The predicted molar refractivity (Wildman–Crippen MR) is 73.2 cm³/mol. The Morgan fingerprint density at radius 2 is 1.74 bits per heavy atom. The Labute approximate surface area is 110 Å². The average Bonchev–Trinajstić information content (AvgIpc) is 2.82. The summed E-state index contributed by atoms with van der Waals surface area (Å²) in [5.41, 5.74) is 2.03. The van der Waals surface area contributed by atoms with Gasteiger partial charge in [0.1, 0.15) is 17.1 Å². The van der Waals surface area contributed by atoms with Crippen LogP contribution < -0.4 is 4.90 Å². The zero-order valence-corrected chi connectivity index (χ0v) is 10.7. The van der Waals surface area contributed by atoms with Crippen LogP contribution in [-0.4, -0.2) is 29.2 Å². The molecule has 0 saturated carbocycles. The summed E-state index contributed by atoms with van der Waals surface area (Å²) in [7, 11) is 3.84. The Balaban J connectivity index is 2.08. The number of phenols is 1. The summed E-state index contributed by atoms with van der Waals surface area (Å²) >= 11 is 0. The number of hydrogen-bond acceptors (Lipinski definition) is 5. The summed E-state index contributed by atoms with van der Waals surface area (Å²) in [4.78, 5) is 10.7. The van der Waals surface area contributed by atoms with E-state index < -0.39 is 0 Å². The maximum absolute atomic E-state index is 9.27. The van der Waals surface area contributed by atoms with E-state index in [0.717, 1.165) is 11.4 Å². The highest BCUT2D eigenvalue weighted by molar-refractivity contribution is 5.74. The summed E-state index contributed by atoms with van der Waals surface area (Å²) in [5, 5.41) is 9.27. The van der Waals surface area contributed by atoms with Gasteiger partial charge in [-0.15, -0.1) is 0 Å². The van der Waals surface area contributed by atoms with Crippen molar-refractivity contribution in [3.05, 3.63) is 36.4 Å². The van der Waals surface area contributed by atoms with Crippen LogP contribution in [0.15, 0.2) is 40.8 Å². The van der Waals surface area contributed by atoms with E-state index in [1.807, 2.05) is 31.1 Å². The van der Waals surface area contributed by atoms with Crippen LogP contribution in [0.1, 0.15) is 0 Å². The molecule has 3 rings (SSSR count). The number of fused-ring (bicyclic) bond motifs is 1. The topological polar surface area (TPSA) is 62.4 Å². The molecular formula is C14H13N3O2. The summed E-state index contributed by atoms with van der Waals surface area (Å²) in [6.07, 6.45) is 0. The van der Waals surface area contributed by atoms with E-state index >= 15 is 0 Å². The highest BCUT2D eigenvalue weighted by Gasteiger charge is 2.10. The largest absolute Gasteiger partial charge is 0.508 e. The lowest BCUT2D eigenvalue weighted by Crippen LogP contribution is -2.09. The van der Waals surface area contributed by atoms with Crippen molar-refractivity contribution in [1.82, 2.24) is 9.97 Å². The number of aromatic nitrogens is 2. The Kier molecular flexibility index (Phi) is 2.59. The molecule has 5 nitrogen and oxygen atoms in total. The molecule has 96 valence electrons. The second-order valence-electron chi connectivity index (χ2n) is 4.45. The van der Waals surface area contributed by atoms with Gasteiger partial charge < -0.3 is 14.4 Å². The Morgan fingerprint density at radius 1 is 1.00 bits per heavy atom. The molecule has 0 aliphatic heterocycles. The monoisotopic (exact) mass is 255 g/mol. The van der Waals surface area contributed by atoms with Gasteiger partial charge >= 0.3 is 0 Å². The molecule has 2 heterocycles. The van der Waals surface area contributed by atoms with E-state index in [0.29, 0.717) is 17.1 Å². The van der Waals surface area contributed by atoms with Crippen LogP contribution in [0.3, 0.4) is 0 Å². The van der Waals surface area contributed by atoms with Gasteiger partial charge in [0, 0.05) is 19.7 Å². The molecule has 0 saturated heterocycles. The number of phenolic OH excluding ortho intramolecular Hbond substituents is 1. The van der Waals surface area contributed by atoms with Crippen molar-refractivity contribution in [3.63, 3.8) is 0 Å². The minimum Gasteiger partial charge on any atom is -0.508 e. The number of oxazole rings is 1. The van der Waals surface area contributed by atoms with Crippen LogP contribution in [-0.2, 0) is 0 Å². The molecule has 1 N–H and O–H groups in total. The van der Waals surface area contributed by atoms with Crippen LogP contribution >= 0.6 is 0 Å². The molecule has 0 aliphatic carbocycles. The summed E-state index contributed by atoms with van der Waals surface area (Å²) in [6, 6.07) is 10.5. The van der Waals surface area contributed by atoms with E-state index in [-0.39, 0.29) is 5.75 Å². The van der Waals surface area contributed by atoms with Crippen molar-refractivity contribution >= 4 is 17.0 Å². The SMILES string of the molecule is CN(C)c1ccc2nc(-c3ccc(O)cc3)oc2n1. The van der Waals surface area contributed by atoms with Crippen LogP contribution in [0.25, 0.3) is 22.7 Å². The zero-order valence-electron chi connectivity index (χ0n) is 10.7. The van der Waals surface area contributed by atoms with E-state index in [1.54, 1.807) is 24.3 Å². The molecule has 19 heavy (non-hydrogen) atoms. The first-order valence-corrected chi connectivity index (χ1v) is 5.88. The van der Waals surface area contributed by atoms with Gasteiger partial charge in [-0.1, -0.05) is 0 Å². The molecule has 5 heteroatoms. The van der Waals surface area contributed by atoms with E-state index in [2.05, 4.69) is 9.97 Å². The number of aromatic hydroxyl groups is 1. The van der Waals surface area contributed by atoms with Crippen molar-refractivity contribution in [2.24, 2.45) is 0 Å². The molecule has 2 aromatic heterocycles. The standard InChI is InChI=1S/C14H13N3O2/c1-17(2)12-8-7-11-14(16-12)19-13(15-11)9-3-5-10(18)6-4-9/h3-8,18H,1-2H3. The second-order valence-corrected chi connectivity index (χ2v) is 4.45. The minimum absolute atomic E-state index is 0.216. The third-order valence-corrected chi connectivity index (χ3v) is 2.81. The fraction of sp³-hybridized carbons (Fsp3) is 0.143. The smallest absolute Gasteiger partial charge is 0.249 e. The van der Waals surface area contributed by atoms with Crippen LogP contribution in [0.2, 0.25) is 0 Å². The molecule has 0 unspecified atom stereocenters. The Bertz CT molecular complexity index is 717. The van der Waals surface area contributed by atoms with Crippen molar-refractivity contribution in [2.75, 3.05) is 19.0 Å². The first kappa shape index (κ1) is 11.5. The average molecular weight is 255 g/mol.